The molecule has 0 radical (unpaired) electrons. The fourth-order valence-electron chi connectivity index (χ4n) is 2.05. The average Bonchev–Trinajstić information content (AvgIpc) is 2.93. The Labute approximate surface area is 133 Å². The van der Waals surface area contributed by atoms with Gasteiger partial charge in [0, 0.05) is 18.0 Å². The Kier molecular flexibility index (Phi) is 5.32. The van der Waals surface area contributed by atoms with E-state index in [-0.39, 0.29) is 5.82 Å². The average molecular weight is 321 g/mol. The monoisotopic (exact) mass is 321 g/mol. The number of carboxylic acid groups (broad SMARTS) is 1. The van der Waals surface area contributed by atoms with Gasteiger partial charge in [-0.15, -0.1) is 11.3 Å². The molecule has 0 aliphatic heterocycles. The first-order chi connectivity index (χ1) is 10.5. The molecule has 1 amide bonds. The van der Waals surface area contributed by atoms with Crippen LogP contribution in [0, 0.1) is 0 Å². The van der Waals surface area contributed by atoms with Crippen molar-refractivity contribution in [3.63, 3.8) is 0 Å². The van der Waals surface area contributed by atoms with Crippen LogP contribution in [0.25, 0.3) is 0 Å². The summed E-state index contributed by atoms with van der Waals surface area (Å²) >= 11 is 1.65. The molecule has 0 spiro atoms. The van der Waals surface area contributed by atoms with E-state index in [1.807, 2.05) is 6.07 Å². The molecule has 0 aliphatic rings. The number of aryl methyl sites for hydroxylation is 2. The number of nitrogens with zero attached hydrogens (tertiary/aromatic N) is 2. The molecule has 2 rings (SSSR count). The Hall–Kier alpha value is -2.15. The van der Waals surface area contributed by atoms with Gasteiger partial charge < -0.3 is 9.84 Å². The number of amides is 1. The maximum Gasteiger partial charge on any atom is 0.410 e. The third kappa shape index (κ3) is 3.94. The molecule has 22 heavy (non-hydrogen) atoms. The minimum absolute atomic E-state index is 0.217. The lowest BCUT2D eigenvalue weighted by Gasteiger charge is -2.11. The molecule has 0 fully saturated rings. The first kappa shape index (κ1) is 16.2. The number of hydrogen-bond acceptors (Lipinski definition) is 5. The SMILES string of the molecule is COc1c(CCc2nc(C(C)C)cs2)ccnc1NC(=O)O. The molecular formula is C15H19N3O3S. The van der Waals surface area contributed by atoms with Crippen LogP contribution in [0.1, 0.15) is 36.0 Å². The second-order valence-corrected chi connectivity index (χ2v) is 6.05. The topological polar surface area (TPSA) is 84.3 Å². The standard InChI is InChI=1S/C15H19N3O3S/c1-9(2)11-8-22-12(17-11)5-4-10-6-7-16-14(13(10)21-3)18-15(19)20/h6-9H,4-5H2,1-3H3,(H,16,18)(H,19,20). The molecular weight excluding hydrogens is 302 g/mol. The lowest BCUT2D eigenvalue weighted by atomic mass is 10.1. The summed E-state index contributed by atoms with van der Waals surface area (Å²) in [5.74, 6) is 1.10. The lowest BCUT2D eigenvalue weighted by Crippen LogP contribution is -2.11. The van der Waals surface area contributed by atoms with Crippen molar-refractivity contribution >= 4 is 23.2 Å². The maximum atomic E-state index is 10.8. The number of pyridine rings is 1. The number of anilines is 1. The lowest BCUT2D eigenvalue weighted by molar-refractivity contribution is 0.209. The van der Waals surface area contributed by atoms with E-state index in [1.165, 1.54) is 7.11 Å². The minimum atomic E-state index is -1.16. The fraction of sp³-hybridized carbons (Fsp3) is 0.400. The van der Waals surface area contributed by atoms with E-state index in [4.69, 9.17) is 9.84 Å². The van der Waals surface area contributed by atoms with Crippen LogP contribution in [-0.2, 0) is 12.8 Å². The molecule has 0 atom stereocenters. The number of nitrogens with one attached hydrogen (secondary N) is 1. The highest BCUT2D eigenvalue weighted by Gasteiger charge is 2.13. The fourth-order valence-corrected chi connectivity index (χ4v) is 3.01. The summed E-state index contributed by atoms with van der Waals surface area (Å²) in [5, 5.41) is 14.2. The number of hydrogen-bond donors (Lipinski definition) is 2. The molecule has 2 N–H and O–H groups in total. The van der Waals surface area contributed by atoms with Crippen LogP contribution in [0.3, 0.4) is 0 Å². The Morgan fingerprint density at radius 3 is 2.82 bits per heavy atom. The van der Waals surface area contributed by atoms with E-state index in [0.29, 0.717) is 18.1 Å². The quantitative estimate of drug-likeness (QED) is 0.850. The van der Waals surface area contributed by atoms with Gasteiger partial charge in [-0.3, -0.25) is 5.32 Å². The number of carbonyl (C=O) groups is 1. The first-order valence-electron chi connectivity index (χ1n) is 6.97. The highest BCUT2D eigenvalue weighted by Crippen LogP contribution is 2.28. The second kappa shape index (κ2) is 7.22. The maximum absolute atomic E-state index is 10.8. The van der Waals surface area contributed by atoms with Crippen molar-refractivity contribution in [3.05, 3.63) is 33.9 Å². The van der Waals surface area contributed by atoms with E-state index in [1.54, 1.807) is 17.5 Å². The summed E-state index contributed by atoms with van der Waals surface area (Å²) in [6, 6.07) is 1.84. The van der Waals surface area contributed by atoms with Crippen molar-refractivity contribution < 1.29 is 14.6 Å². The zero-order valence-corrected chi connectivity index (χ0v) is 13.6. The van der Waals surface area contributed by atoms with Gasteiger partial charge >= 0.3 is 6.09 Å². The van der Waals surface area contributed by atoms with Crippen molar-refractivity contribution in [1.29, 1.82) is 0 Å². The van der Waals surface area contributed by atoms with Crippen LogP contribution in [0.15, 0.2) is 17.6 Å². The van der Waals surface area contributed by atoms with Gasteiger partial charge in [-0.2, -0.15) is 0 Å². The van der Waals surface area contributed by atoms with E-state index in [2.05, 4.69) is 34.5 Å². The predicted molar refractivity (Wildman–Crippen MR) is 86.0 cm³/mol. The summed E-state index contributed by atoms with van der Waals surface area (Å²) in [6.07, 6.45) is 1.91. The molecule has 0 unspecified atom stereocenters. The van der Waals surface area contributed by atoms with Gasteiger partial charge in [0.2, 0.25) is 0 Å². The van der Waals surface area contributed by atoms with E-state index in [0.717, 1.165) is 22.7 Å². The van der Waals surface area contributed by atoms with Crippen molar-refractivity contribution in [2.24, 2.45) is 0 Å². The smallest absolute Gasteiger partial charge is 0.410 e. The third-order valence-electron chi connectivity index (χ3n) is 3.18. The number of ether oxygens (including phenoxy) is 1. The molecule has 7 heteroatoms. The van der Waals surface area contributed by atoms with Crippen LogP contribution < -0.4 is 10.1 Å². The van der Waals surface area contributed by atoms with Gasteiger partial charge in [-0.05, 0) is 24.0 Å². The molecule has 2 aromatic rings. The van der Waals surface area contributed by atoms with Gasteiger partial charge in [0.05, 0.1) is 17.8 Å². The van der Waals surface area contributed by atoms with Crippen LogP contribution in [-0.4, -0.2) is 28.3 Å². The zero-order chi connectivity index (χ0) is 16.1. The molecule has 0 bridgehead atoms. The van der Waals surface area contributed by atoms with Gasteiger partial charge in [-0.25, -0.2) is 14.8 Å². The summed E-state index contributed by atoms with van der Waals surface area (Å²) in [6.45, 7) is 4.24. The molecule has 0 aromatic carbocycles. The van der Waals surface area contributed by atoms with Gasteiger partial charge in [0.25, 0.3) is 0 Å². The van der Waals surface area contributed by atoms with Crippen LogP contribution in [0.5, 0.6) is 5.75 Å². The summed E-state index contributed by atoms with van der Waals surface area (Å²) in [5.41, 5.74) is 2.01. The first-order valence-corrected chi connectivity index (χ1v) is 7.85. The molecule has 0 aliphatic carbocycles. The number of rotatable bonds is 6. The summed E-state index contributed by atoms with van der Waals surface area (Å²) < 4.78 is 5.30. The molecule has 2 heterocycles. The zero-order valence-electron chi connectivity index (χ0n) is 12.8. The van der Waals surface area contributed by atoms with Gasteiger partial charge in [0.1, 0.15) is 0 Å². The van der Waals surface area contributed by atoms with Gasteiger partial charge in [-0.1, -0.05) is 13.8 Å². The molecule has 0 saturated heterocycles. The molecule has 0 saturated carbocycles. The van der Waals surface area contributed by atoms with E-state index in [9.17, 15) is 4.79 Å². The van der Waals surface area contributed by atoms with Crippen molar-refractivity contribution in [3.8, 4) is 5.75 Å². The Balaban J connectivity index is 2.13. The van der Waals surface area contributed by atoms with E-state index >= 15 is 0 Å². The number of thiazole rings is 1. The second-order valence-electron chi connectivity index (χ2n) is 5.10. The highest BCUT2D eigenvalue weighted by atomic mass is 32.1. The van der Waals surface area contributed by atoms with Crippen LogP contribution >= 0.6 is 11.3 Å². The Morgan fingerprint density at radius 2 is 2.23 bits per heavy atom. The number of aromatic nitrogens is 2. The molecule has 118 valence electrons. The summed E-state index contributed by atoms with van der Waals surface area (Å²) in [7, 11) is 1.51. The van der Waals surface area contributed by atoms with Crippen LogP contribution in [0.2, 0.25) is 0 Å². The third-order valence-corrected chi connectivity index (χ3v) is 4.11. The predicted octanol–water partition coefficient (Wildman–Crippen LogP) is 3.55. The Bertz CT molecular complexity index is 655. The Morgan fingerprint density at radius 1 is 1.45 bits per heavy atom. The normalized spacial score (nSPS) is 10.7. The van der Waals surface area contributed by atoms with Gasteiger partial charge in [0.15, 0.2) is 11.6 Å². The molecule has 6 nitrogen and oxygen atoms in total. The van der Waals surface area contributed by atoms with Crippen molar-refractivity contribution in [1.82, 2.24) is 9.97 Å². The van der Waals surface area contributed by atoms with Crippen molar-refractivity contribution in [2.75, 3.05) is 12.4 Å². The largest absolute Gasteiger partial charge is 0.493 e. The minimum Gasteiger partial charge on any atom is -0.493 e. The summed E-state index contributed by atoms with van der Waals surface area (Å²) in [4.78, 5) is 19.4. The van der Waals surface area contributed by atoms with Crippen LogP contribution in [0.4, 0.5) is 10.6 Å². The van der Waals surface area contributed by atoms with Crippen molar-refractivity contribution in [2.45, 2.75) is 32.6 Å². The molecule has 2 aromatic heterocycles. The highest BCUT2D eigenvalue weighted by molar-refractivity contribution is 7.09. The van der Waals surface area contributed by atoms with E-state index < -0.39 is 6.09 Å². The number of methoxy groups -OCH3 is 1.